The highest BCUT2D eigenvalue weighted by Crippen LogP contribution is 2.38. The molecule has 0 radical (unpaired) electrons. The fourth-order valence-electron chi connectivity index (χ4n) is 4.40. The first-order valence-electron chi connectivity index (χ1n) is 12.3. The van der Waals surface area contributed by atoms with Gasteiger partial charge in [-0.15, -0.1) is 5.10 Å². The van der Waals surface area contributed by atoms with Crippen molar-refractivity contribution in [2.45, 2.75) is 46.1 Å². The molecule has 12 heteroatoms. The SMILES string of the molecule is CCc1nc2sc(N3CC[C@@H](C(=O)OC(C)(C)C)C3)nn2c1N(C)c1nc(-c2ccc(F)cc2)c(C#N)s1. The predicted molar refractivity (Wildman–Crippen MR) is 147 cm³/mol. The van der Waals surface area contributed by atoms with Crippen molar-refractivity contribution in [3.8, 4) is 17.3 Å². The number of aromatic nitrogens is 4. The van der Waals surface area contributed by atoms with Crippen LogP contribution >= 0.6 is 22.7 Å². The van der Waals surface area contributed by atoms with Crippen LogP contribution < -0.4 is 9.80 Å². The number of anilines is 3. The minimum Gasteiger partial charge on any atom is -0.460 e. The molecule has 4 aromatic rings. The van der Waals surface area contributed by atoms with Crippen LogP contribution in [0.4, 0.5) is 20.5 Å². The third-order valence-electron chi connectivity index (χ3n) is 6.21. The van der Waals surface area contributed by atoms with E-state index in [1.165, 1.54) is 34.8 Å². The number of nitriles is 1. The van der Waals surface area contributed by atoms with Gasteiger partial charge < -0.3 is 14.5 Å². The van der Waals surface area contributed by atoms with E-state index in [0.29, 0.717) is 47.2 Å². The largest absolute Gasteiger partial charge is 0.460 e. The summed E-state index contributed by atoms with van der Waals surface area (Å²) in [7, 11) is 1.88. The summed E-state index contributed by atoms with van der Waals surface area (Å²) in [5.74, 6) is 0.0630. The summed E-state index contributed by atoms with van der Waals surface area (Å²) in [5, 5.41) is 16.0. The Morgan fingerprint density at radius 1 is 1.26 bits per heavy atom. The summed E-state index contributed by atoms with van der Waals surface area (Å²) in [5.41, 5.74) is 1.54. The van der Waals surface area contributed by atoms with Crippen molar-refractivity contribution in [1.82, 2.24) is 19.6 Å². The minimum atomic E-state index is -0.514. The molecule has 1 aliphatic heterocycles. The van der Waals surface area contributed by atoms with E-state index < -0.39 is 5.60 Å². The molecule has 1 saturated heterocycles. The van der Waals surface area contributed by atoms with Crippen LogP contribution in [0.1, 0.15) is 44.7 Å². The van der Waals surface area contributed by atoms with Crippen LogP contribution in [0.25, 0.3) is 16.2 Å². The van der Waals surface area contributed by atoms with Crippen molar-refractivity contribution in [3.63, 3.8) is 0 Å². The Morgan fingerprint density at radius 3 is 2.66 bits per heavy atom. The zero-order valence-corrected chi connectivity index (χ0v) is 23.5. The molecule has 1 aliphatic rings. The molecule has 1 fully saturated rings. The average molecular weight is 554 g/mol. The van der Waals surface area contributed by atoms with Crippen LogP contribution in [0.3, 0.4) is 0 Å². The number of carbonyl (C=O) groups is 1. The van der Waals surface area contributed by atoms with Crippen LogP contribution in [-0.4, -0.2) is 51.3 Å². The Morgan fingerprint density at radius 2 is 2.00 bits per heavy atom. The molecule has 0 amide bonds. The van der Waals surface area contributed by atoms with Crippen molar-refractivity contribution >= 4 is 49.7 Å². The van der Waals surface area contributed by atoms with E-state index in [0.717, 1.165) is 21.6 Å². The lowest BCUT2D eigenvalue weighted by Crippen LogP contribution is -2.30. The molecule has 1 aromatic carbocycles. The fraction of sp³-hybridized carbons (Fsp3) is 0.423. The van der Waals surface area contributed by atoms with Gasteiger partial charge >= 0.3 is 5.97 Å². The van der Waals surface area contributed by atoms with E-state index in [1.807, 2.05) is 44.2 Å². The number of nitrogens with zero attached hydrogens (tertiary/aromatic N) is 7. The van der Waals surface area contributed by atoms with E-state index in [2.05, 4.69) is 11.0 Å². The monoisotopic (exact) mass is 553 g/mol. The number of hydrogen-bond donors (Lipinski definition) is 0. The van der Waals surface area contributed by atoms with Gasteiger partial charge in [0.15, 0.2) is 10.9 Å². The first-order valence-corrected chi connectivity index (χ1v) is 14.0. The first-order chi connectivity index (χ1) is 18.1. The van der Waals surface area contributed by atoms with Gasteiger partial charge in [0.1, 0.15) is 28.1 Å². The van der Waals surface area contributed by atoms with Crippen molar-refractivity contribution in [1.29, 1.82) is 5.26 Å². The predicted octanol–water partition coefficient (Wildman–Crippen LogP) is 5.42. The number of esters is 1. The third-order valence-corrected chi connectivity index (χ3v) is 8.22. The van der Waals surface area contributed by atoms with E-state index >= 15 is 0 Å². The van der Waals surface area contributed by atoms with Gasteiger partial charge in [0.2, 0.25) is 10.1 Å². The number of ether oxygens (including phenoxy) is 1. The van der Waals surface area contributed by atoms with Crippen LogP contribution in [0.15, 0.2) is 24.3 Å². The van der Waals surface area contributed by atoms with Gasteiger partial charge in [0.25, 0.3) is 0 Å². The third kappa shape index (κ3) is 4.96. The second-order valence-corrected chi connectivity index (χ2v) is 12.0. The second kappa shape index (κ2) is 9.96. The standard InChI is InChI=1S/C26H28FN7O2S2/c1-6-18-21(32(5)23-30-20(19(13-28)37-23)15-7-9-17(27)10-8-15)34-24(29-18)38-25(31-34)33-12-11-16(14-33)22(35)36-26(2,3)4/h7-10,16H,6,11-12,14H2,1-5H3/t16-/m1/s1. The van der Waals surface area contributed by atoms with Crippen LogP contribution in [0, 0.1) is 23.1 Å². The Kier molecular flexibility index (Phi) is 6.83. The summed E-state index contributed by atoms with van der Waals surface area (Å²) >= 11 is 2.74. The van der Waals surface area contributed by atoms with Crippen LogP contribution in [0.2, 0.25) is 0 Å². The molecule has 198 valence electrons. The van der Waals surface area contributed by atoms with E-state index in [9.17, 15) is 14.4 Å². The van der Waals surface area contributed by atoms with Gasteiger partial charge in [-0.25, -0.2) is 14.4 Å². The van der Waals surface area contributed by atoms with Gasteiger partial charge in [-0.2, -0.15) is 9.78 Å². The molecule has 0 aliphatic carbocycles. The van der Waals surface area contributed by atoms with Crippen molar-refractivity contribution < 1.29 is 13.9 Å². The van der Waals surface area contributed by atoms with Gasteiger partial charge in [-0.3, -0.25) is 4.79 Å². The summed E-state index contributed by atoms with van der Waals surface area (Å²) in [4.78, 5) is 27.3. The fourth-order valence-corrected chi connectivity index (χ4v) is 6.20. The summed E-state index contributed by atoms with van der Waals surface area (Å²) in [6.07, 6.45) is 1.41. The van der Waals surface area contributed by atoms with Crippen LogP contribution in [0.5, 0.6) is 0 Å². The number of thiazole rings is 1. The Labute approximate surface area is 228 Å². The molecule has 0 unspecified atom stereocenters. The summed E-state index contributed by atoms with van der Waals surface area (Å²) < 4.78 is 20.8. The molecular weight excluding hydrogens is 525 g/mol. The molecule has 0 bridgehead atoms. The normalized spacial score (nSPS) is 15.7. The van der Waals surface area contributed by atoms with Gasteiger partial charge in [-0.05, 0) is 57.9 Å². The number of hydrogen-bond acceptors (Lipinski definition) is 10. The molecule has 1 atom stereocenters. The first kappa shape index (κ1) is 26.1. The Hall–Kier alpha value is -3.56. The lowest BCUT2D eigenvalue weighted by atomic mass is 10.1. The maximum atomic E-state index is 13.4. The molecule has 9 nitrogen and oxygen atoms in total. The average Bonchev–Trinajstić information content (AvgIpc) is 3.64. The number of benzene rings is 1. The molecule has 38 heavy (non-hydrogen) atoms. The molecule has 0 spiro atoms. The van der Waals surface area contributed by atoms with Gasteiger partial charge in [0, 0.05) is 25.7 Å². The minimum absolute atomic E-state index is 0.177. The lowest BCUT2D eigenvalue weighted by molar-refractivity contribution is -0.159. The number of rotatable bonds is 6. The lowest BCUT2D eigenvalue weighted by Gasteiger charge is -2.22. The maximum absolute atomic E-state index is 13.4. The summed E-state index contributed by atoms with van der Waals surface area (Å²) in [6.45, 7) is 8.93. The number of fused-ring (bicyclic) bond motifs is 1. The molecule has 5 rings (SSSR count). The maximum Gasteiger partial charge on any atom is 0.311 e. The smallest absolute Gasteiger partial charge is 0.311 e. The van der Waals surface area contributed by atoms with Gasteiger partial charge in [-0.1, -0.05) is 29.6 Å². The van der Waals surface area contributed by atoms with Crippen molar-refractivity contribution in [2.75, 3.05) is 29.9 Å². The second-order valence-electron chi connectivity index (χ2n) is 10.1. The molecule has 3 aromatic heterocycles. The van der Waals surface area contributed by atoms with E-state index in [4.69, 9.17) is 19.8 Å². The molecule has 4 heterocycles. The van der Waals surface area contributed by atoms with E-state index in [1.54, 1.807) is 12.1 Å². The summed E-state index contributed by atoms with van der Waals surface area (Å²) in [6, 6.07) is 8.18. The number of imidazole rings is 1. The van der Waals surface area contributed by atoms with Crippen molar-refractivity contribution in [3.05, 3.63) is 40.7 Å². The number of halogens is 1. The van der Waals surface area contributed by atoms with E-state index in [-0.39, 0.29) is 17.7 Å². The molecular formula is C26H28FN7O2S2. The Balaban J connectivity index is 1.44. The highest BCUT2D eigenvalue weighted by Gasteiger charge is 2.34. The van der Waals surface area contributed by atoms with Crippen molar-refractivity contribution in [2.24, 2.45) is 5.92 Å². The number of aryl methyl sites for hydroxylation is 1. The van der Waals surface area contributed by atoms with Crippen LogP contribution in [-0.2, 0) is 16.0 Å². The Bertz CT molecular complexity index is 1530. The molecule has 0 saturated carbocycles. The zero-order valence-electron chi connectivity index (χ0n) is 21.9. The number of carbonyl (C=O) groups excluding carboxylic acids is 1. The van der Waals surface area contributed by atoms with Gasteiger partial charge in [0.05, 0.1) is 11.6 Å². The highest BCUT2D eigenvalue weighted by atomic mass is 32.1. The molecule has 0 N–H and O–H groups in total. The topological polar surface area (TPSA) is 99.7 Å². The highest BCUT2D eigenvalue weighted by molar-refractivity contribution is 7.20. The zero-order chi connectivity index (χ0) is 27.2. The quantitative estimate of drug-likeness (QED) is 0.292.